The molecule has 2 rings (SSSR count). The van der Waals surface area contributed by atoms with Gasteiger partial charge in [-0.3, -0.25) is 4.79 Å². The second-order valence-corrected chi connectivity index (χ2v) is 5.09. The van der Waals surface area contributed by atoms with Crippen LogP contribution < -0.4 is 5.32 Å². The second kappa shape index (κ2) is 5.98. The third-order valence-electron chi connectivity index (χ3n) is 2.55. The molecule has 1 heterocycles. The van der Waals surface area contributed by atoms with Crippen LogP contribution in [0, 0.1) is 6.92 Å². The lowest BCUT2D eigenvalue weighted by Gasteiger charge is -2.05. The van der Waals surface area contributed by atoms with E-state index in [4.69, 9.17) is 11.6 Å². The predicted molar refractivity (Wildman–Crippen MR) is 75.7 cm³/mol. The zero-order valence-electron chi connectivity index (χ0n) is 9.94. The molecule has 1 aromatic heterocycles. The van der Waals surface area contributed by atoms with Gasteiger partial charge in [0.25, 0.3) is 5.91 Å². The van der Waals surface area contributed by atoms with E-state index in [2.05, 4.69) is 10.3 Å². The van der Waals surface area contributed by atoms with Crippen molar-refractivity contribution in [3.8, 4) is 0 Å². The molecule has 5 heteroatoms. The molecule has 0 fully saturated rings. The fraction of sp³-hybridized carbons (Fsp3) is 0.231. The van der Waals surface area contributed by atoms with E-state index in [-0.39, 0.29) is 5.91 Å². The molecule has 0 atom stereocenters. The Hall–Kier alpha value is -1.39. The molecule has 1 aromatic carbocycles. The SMILES string of the molecule is Cc1ncsc1C(=O)Nc1ccc(CCCl)cc1. The molecule has 0 bridgehead atoms. The van der Waals surface area contributed by atoms with Crippen molar-refractivity contribution in [1.29, 1.82) is 0 Å². The van der Waals surface area contributed by atoms with Crippen molar-refractivity contribution in [2.75, 3.05) is 11.2 Å². The van der Waals surface area contributed by atoms with Gasteiger partial charge in [0.15, 0.2) is 0 Å². The summed E-state index contributed by atoms with van der Waals surface area (Å²) in [6.45, 7) is 1.83. The van der Waals surface area contributed by atoms with Crippen LogP contribution in [0.5, 0.6) is 0 Å². The molecule has 0 saturated heterocycles. The Bertz CT molecular complexity index is 536. The van der Waals surface area contributed by atoms with Gasteiger partial charge in [-0.05, 0) is 31.0 Å². The number of anilines is 1. The second-order valence-electron chi connectivity index (χ2n) is 3.86. The molecular weight excluding hydrogens is 268 g/mol. The number of aryl methyl sites for hydroxylation is 2. The normalized spacial score (nSPS) is 10.3. The van der Waals surface area contributed by atoms with Crippen LogP contribution in [-0.2, 0) is 6.42 Å². The van der Waals surface area contributed by atoms with Gasteiger partial charge in [-0.25, -0.2) is 4.98 Å². The number of hydrogen-bond acceptors (Lipinski definition) is 3. The lowest BCUT2D eigenvalue weighted by atomic mass is 10.1. The van der Waals surface area contributed by atoms with E-state index in [1.165, 1.54) is 11.3 Å². The topological polar surface area (TPSA) is 42.0 Å². The molecule has 0 aliphatic rings. The van der Waals surface area contributed by atoms with E-state index in [0.29, 0.717) is 10.8 Å². The number of nitrogens with one attached hydrogen (secondary N) is 1. The van der Waals surface area contributed by atoms with Gasteiger partial charge in [0.05, 0.1) is 11.2 Å². The number of aromatic nitrogens is 1. The minimum atomic E-state index is -0.111. The zero-order valence-corrected chi connectivity index (χ0v) is 11.5. The Morgan fingerprint density at radius 2 is 2.11 bits per heavy atom. The van der Waals surface area contributed by atoms with Gasteiger partial charge >= 0.3 is 0 Å². The molecule has 2 aromatic rings. The number of nitrogens with zero attached hydrogens (tertiary/aromatic N) is 1. The Balaban J connectivity index is 2.05. The summed E-state index contributed by atoms with van der Waals surface area (Å²) in [5, 5.41) is 2.85. The number of hydrogen-bond donors (Lipinski definition) is 1. The average molecular weight is 281 g/mol. The van der Waals surface area contributed by atoms with Crippen LogP contribution in [0.15, 0.2) is 29.8 Å². The van der Waals surface area contributed by atoms with Crippen molar-refractivity contribution in [3.63, 3.8) is 0 Å². The summed E-state index contributed by atoms with van der Waals surface area (Å²) >= 11 is 7.02. The maximum absolute atomic E-state index is 11.9. The summed E-state index contributed by atoms with van der Waals surface area (Å²) in [6, 6.07) is 7.71. The summed E-state index contributed by atoms with van der Waals surface area (Å²) < 4.78 is 0. The van der Waals surface area contributed by atoms with Crippen molar-refractivity contribution in [2.45, 2.75) is 13.3 Å². The maximum Gasteiger partial charge on any atom is 0.267 e. The van der Waals surface area contributed by atoms with Crippen LogP contribution in [0.2, 0.25) is 0 Å². The minimum absolute atomic E-state index is 0.111. The molecule has 1 amide bonds. The number of thiazole rings is 1. The third-order valence-corrected chi connectivity index (χ3v) is 3.66. The van der Waals surface area contributed by atoms with Crippen LogP contribution in [0.4, 0.5) is 5.69 Å². The monoisotopic (exact) mass is 280 g/mol. The van der Waals surface area contributed by atoms with Crippen LogP contribution in [-0.4, -0.2) is 16.8 Å². The van der Waals surface area contributed by atoms with Crippen LogP contribution in [0.1, 0.15) is 20.9 Å². The highest BCUT2D eigenvalue weighted by Crippen LogP contribution is 2.16. The summed E-state index contributed by atoms with van der Waals surface area (Å²) in [5.74, 6) is 0.492. The first-order valence-corrected chi connectivity index (χ1v) is 6.98. The van der Waals surface area contributed by atoms with Gasteiger partial charge in [-0.15, -0.1) is 22.9 Å². The van der Waals surface area contributed by atoms with E-state index in [1.807, 2.05) is 31.2 Å². The molecule has 18 heavy (non-hydrogen) atoms. The fourth-order valence-electron chi connectivity index (χ4n) is 1.57. The third kappa shape index (κ3) is 3.09. The molecule has 0 saturated carbocycles. The lowest BCUT2D eigenvalue weighted by Crippen LogP contribution is -2.11. The predicted octanol–water partition coefficient (Wildman–Crippen LogP) is 3.49. The van der Waals surface area contributed by atoms with Gasteiger partial charge in [-0.2, -0.15) is 0 Å². The molecule has 0 spiro atoms. The van der Waals surface area contributed by atoms with E-state index in [1.54, 1.807) is 5.51 Å². The molecule has 0 radical (unpaired) electrons. The largest absolute Gasteiger partial charge is 0.321 e. The first-order valence-electron chi connectivity index (χ1n) is 5.57. The fourth-order valence-corrected chi connectivity index (χ4v) is 2.49. The molecule has 3 nitrogen and oxygen atoms in total. The van der Waals surface area contributed by atoms with Crippen LogP contribution in [0.3, 0.4) is 0 Å². The van der Waals surface area contributed by atoms with E-state index in [0.717, 1.165) is 23.4 Å². The number of benzene rings is 1. The molecule has 94 valence electrons. The Morgan fingerprint density at radius 1 is 1.39 bits per heavy atom. The van der Waals surface area contributed by atoms with Crippen molar-refractivity contribution >= 4 is 34.5 Å². The standard InChI is InChI=1S/C13H13ClN2OS/c1-9-12(18-8-15-9)13(17)16-11-4-2-10(3-5-11)6-7-14/h2-5,8H,6-7H2,1H3,(H,16,17). The molecule has 0 aliphatic heterocycles. The van der Waals surface area contributed by atoms with Crippen molar-refractivity contribution < 1.29 is 4.79 Å². The summed E-state index contributed by atoms with van der Waals surface area (Å²) in [6.07, 6.45) is 0.837. The van der Waals surface area contributed by atoms with Crippen molar-refractivity contribution in [3.05, 3.63) is 45.9 Å². The van der Waals surface area contributed by atoms with Crippen molar-refractivity contribution in [2.24, 2.45) is 0 Å². The lowest BCUT2D eigenvalue weighted by molar-refractivity contribution is 0.103. The summed E-state index contributed by atoms with van der Waals surface area (Å²) in [5.41, 5.74) is 4.38. The first kappa shape index (κ1) is 13.1. The van der Waals surface area contributed by atoms with E-state index >= 15 is 0 Å². The van der Waals surface area contributed by atoms with Gasteiger partial charge < -0.3 is 5.32 Å². The smallest absolute Gasteiger partial charge is 0.267 e. The maximum atomic E-state index is 11.9. The number of amides is 1. The Morgan fingerprint density at radius 3 is 2.67 bits per heavy atom. The summed E-state index contributed by atoms with van der Waals surface area (Å²) in [7, 11) is 0. The Labute approximate surface area is 115 Å². The van der Waals surface area contributed by atoms with Gasteiger partial charge in [-0.1, -0.05) is 12.1 Å². The quantitative estimate of drug-likeness (QED) is 0.871. The van der Waals surface area contributed by atoms with Gasteiger partial charge in [0.2, 0.25) is 0 Å². The molecule has 0 aliphatic carbocycles. The average Bonchev–Trinajstić information content (AvgIpc) is 2.78. The Kier molecular flexibility index (Phi) is 4.33. The first-order chi connectivity index (χ1) is 8.70. The number of alkyl halides is 1. The number of halogens is 1. The molecular formula is C13H13ClN2OS. The van der Waals surface area contributed by atoms with E-state index < -0.39 is 0 Å². The highest BCUT2D eigenvalue weighted by Gasteiger charge is 2.11. The minimum Gasteiger partial charge on any atom is -0.321 e. The van der Waals surface area contributed by atoms with E-state index in [9.17, 15) is 4.79 Å². The molecule has 1 N–H and O–H groups in total. The number of carbonyl (C=O) groups is 1. The van der Waals surface area contributed by atoms with Crippen LogP contribution in [0.25, 0.3) is 0 Å². The number of rotatable bonds is 4. The molecule has 0 unspecified atom stereocenters. The highest BCUT2D eigenvalue weighted by atomic mass is 35.5. The van der Waals surface area contributed by atoms with Gasteiger partial charge in [0, 0.05) is 11.6 Å². The van der Waals surface area contributed by atoms with Gasteiger partial charge in [0.1, 0.15) is 4.88 Å². The number of carbonyl (C=O) groups excluding carboxylic acids is 1. The van der Waals surface area contributed by atoms with Crippen molar-refractivity contribution in [1.82, 2.24) is 4.98 Å². The highest BCUT2D eigenvalue weighted by molar-refractivity contribution is 7.12. The zero-order chi connectivity index (χ0) is 13.0. The summed E-state index contributed by atoms with van der Waals surface area (Å²) in [4.78, 5) is 16.7. The van der Waals surface area contributed by atoms with Crippen LogP contribution >= 0.6 is 22.9 Å².